The third kappa shape index (κ3) is 4.22. The van der Waals surface area contributed by atoms with E-state index in [4.69, 9.17) is 4.74 Å². The maximum Gasteiger partial charge on any atom is 0.407 e. The third-order valence-corrected chi connectivity index (χ3v) is 6.02. The number of anilines is 1. The first-order valence-corrected chi connectivity index (χ1v) is 10.8. The van der Waals surface area contributed by atoms with Crippen molar-refractivity contribution >= 4 is 45.4 Å². The number of pyridine rings is 1. The second-order valence-electron chi connectivity index (χ2n) is 7.48. The first kappa shape index (κ1) is 21.9. The number of hydrogen-bond acceptors (Lipinski definition) is 7. The van der Waals surface area contributed by atoms with E-state index in [1.54, 1.807) is 12.1 Å². The van der Waals surface area contributed by atoms with Crippen LogP contribution in [0.25, 0.3) is 0 Å². The summed E-state index contributed by atoms with van der Waals surface area (Å²) >= 11 is 3.20. The maximum atomic E-state index is 13.3. The number of carbonyl (C=O) groups is 4. The molecule has 0 saturated heterocycles. The van der Waals surface area contributed by atoms with E-state index in [1.165, 1.54) is 18.2 Å². The predicted molar refractivity (Wildman–Crippen MR) is 116 cm³/mol. The molecule has 10 heteroatoms. The van der Waals surface area contributed by atoms with Crippen LogP contribution < -0.4 is 10.2 Å². The van der Waals surface area contributed by atoms with Crippen LogP contribution in [0, 0.1) is 0 Å². The summed E-state index contributed by atoms with van der Waals surface area (Å²) in [5.74, 6) is -1.50. The second kappa shape index (κ2) is 9.07. The van der Waals surface area contributed by atoms with Gasteiger partial charge < -0.3 is 14.8 Å². The molecular weight excluding hydrogens is 482 g/mol. The fourth-order valence-corrected chi connectivity index (χ4v) is 4.25. The van der Waals surface area contributed by atoms with Crippen molar-refractivity contribution in [3.8, 4) is 0 Å². The summed E-state index contributed by atoms with van der Waals surface area (Å²) in [5.41, 5.74) is 2.75. The lowest BCUT2D eigenvalue weighted by atomic mass is 10.0. The number of aromatic nitrogens is 1. The van der Waals surface area contributed by atoms with Crippen molar-refractivity contribution in [3.05, 3.63) is 57.8 Å². The van der Waals surface area contributed by atoms with E-state index in [2.05, 4.69) is 31.0 Å². The van der Waals surface area contributed by atoms with E-state index in [-0.39, 0.29) is 6.42 Å². The molecule has 0 fully saturated rings. The van der Waals surface area contributed by atoms with E-state index >= 15 is 0 Å². The summed E-state index contributed by atoms with van der Waals surface area (Å²) in [6.45, 7) is -0.465. The van der Waals surface area contributed by atoms with Crippen molar-refractivity contribution in [1.82, 2.24) is 10.3 Å². The number of benzene rings is 1. The summed E-state index contributed by atoms with van der Waals surface area (Å²) in [6, 6.07) is 7.07. The number of hydrogen-bond donors (Lipinski definition) is 1. The Morgan fingerprint density at radius 2 is 2.00 bits per heavy atom. The first-order chi connectivity index (χ1) is 15.4. The molecule has 2 amide bonds. The molecule has 2 aliphatic rings. The van der Waals surface area contributed by atoms with Gasteiger partial charge in [-0.3, -0.25) is 14.5 Å². The van der Waals surface area contributed by atoms with Crippen LogP contribution in [0.3, 0.4) is 0 Å². The zero-order valence-corrected chi connectivity index (χ0v) is 18.8. The van der Waals surface area contributed by atoms with Crippen LogP contribution in [0.5, 0.6) is 0 Å². The fraction of sp³-hybridized carbons (Fsp3) is 0.318. The third-order valence-electron chi connectivity index (χ3n) is 5.55. The Kier molecular flexibility index (Phi) is 6.22. The number of halogens is 1. The average Bonchev–Trinajstić information content (AvgIpc) is 3.13. The van der Waals surface area contributed by atoms with Gasteiger partial charge in [0.25, 0.3) is 5.91 Å². The Hall–Kier alpha value is -3.27. The maximum absolute atomic E-state index is 13.3. The molecule has 32 heavy (non-hydrogen) atoms. The lowest BCUT2D eigenvalue weighted by molar-refractivity contribution is -0.145. The second-order valence-corrected chi connectivity index (χ2v) is 8.29. The lowest BCUT2D eigenvalue weighted by Crippen LogP contribution is -2.52. The van der Waals surface area contributed by atoms with Crippen LogP contribution in [0.1, 0.15) is 27.9 Å². The van der Waals surface area contributed by atoms with Gasteiger partial charge in [0.2, 0.25) is 5.78 Å². The van der Waals surface area contributed by atoms with Crippen molar-refractivity contribution in [3.63, 3.8) is 0 Å². The smallest absolute Gasteiger partial charge is 0.407 e. The minimum Gasteiger partial charge on any atom is -0.456 e. The molecule has 4 rings (SSSR count). The van der Waals surface area contributed by atoms with Gasteiger partial charge in [-0.2, -0.15) is 0 Å². The van der Waals surface area contributed by atoms with Gasteiger partial charge in [0, 0.05) is 18.2 Å². The largest absolute Gasteiger partial charge is 0.456 e. The Balaban J connectivity index is 1.53. The number of aryl methyl sites for hydroxylation is 1. The topological polar surface area (TPSA) is 115 Å². The van der Waals surface area contributed by atoms with E-state index < -0.39 is 42.4 Å². The molecule has 0 aliphatic carbocycles. The number of carbonyl (C=O) groups excluding carboxylic acids is 4. The van der Waals surface area contributed by atoms with Crippen molar-refractivity contribution in [1.29, 1.82) is 0 Å². The fourth-order valence-electron chi connectivity index (χ4n) is 4.01. The number of alkyl carbamates (subject to hydrolysis) is 1. The van der Waals surface area contributed by atoms with Crippen LogP contribution in [0.2, 0.25) is 0 Å². The minimum absolute atomic E-state index is 0.271. The van der Waals surface area contributed by atoms with Gasteiger partial charge in [-0.05, 0) is 52.0 Å². The molecule has 2 aliphatic heterocycles. The molecular formula is C22H20BrN3O6. The summed E-state index contributed by atoms with van der Waals surface area (Å²) < 4.78 is 10.5. The molecule has 1 N–H and O–H groups in total. The molecule has 0 unspecified atom stereocenters. The van der Waals surface area contributed by atoms with Gasteiger partial charge in [-0.25, -0.2) is 14.6 Å². The standard InChI is InChI=1S/C22H20BrN3O6/c1-31-22(30)25-15-7-5-12-3-2-4-13-9-16(26(19(12)13)20(15)28)21(29)32-11-17(27)14-6-8-18(23)24-10-14/h2-4,6,8,10,15-16H,5,7,9,11H2,1H3,(H,25,30)/t15-,16-/m0/s1. The summed E-state index contributed by atoms with van der Waals surface area (Å²) in [6.07, 6.45) is 1.86. The lowest BCUT2D eigenvalue weighted by Gasteiger charge is -2.27. The van der Waals surface area contributed by atoms with Crippen molar-refractivity contribution < 1.29 is 28.7 Å². The number of Topliss-reactive ketones (excluding diaryl/α,β-unsaturated/α-hetero) is 1. The number of esters is 1. The van der Waals surface area contributed by atoms with E-state index in [9.17, 15) is 19.2 Å². The van der Waals surface area contributed by atoms with Crippen LogP contribution in [-0.2, 0) is 31.9 Å². The summed E-state index contributed by atoms with van der Waals surface area (Å²) in [5, 5.41) is 2.55. The molecule has 0 spiro atoms. The van der Waals surface area contributed by atoms with Gasteiger partial charge in [-0.1, -0.05) is 18.2 Å². The number of ketones is 1. The molecule has 2 atom stereocenters. The molecule has 1 aromatic heterocycles. The Bertz CT molecular complexity index is 1090. The molecule has 2 aromatic rings. The normalized spacial score (nSPS) is 19.1. The van der Waals surface area contributed by atoms with Gasteiger partial charge in [-0.15, -0.1) is 0 Å². The molecule has 166 valence electrons. The number of para-hydroxylation sites is 1. The zero-order valence-electron chi connectivity index (χ0n) is 17.2. The molecule has 0 radical (unpaired) electrons. The molecule has 9 nitrogen and oxygen atoms in total. The number of amides is 2. The Morgan fingerprint density at radius 3 is 2.72 bits per heavy atom. The predicted octanol–water partition coefficient (Wildman–Crippen LogP) is 2.20. The zero-order chi connectivity index (χ0) is 22.8. The highest BCUT2D eigenvalue weighted by atomic mass is 79.9. The first-order valence-electron chi connectivity index (χ1n) is 9.98. The quantitative estimate of drug-likeness (QED) is 0.379. The number of nitrogens with zero attached hydrogens (tertiary/aromatic N) is 2. The van der Waals surface area contributed by atoms with Crippen LogP contribution in [0.4, 0.5) is 10.5 Å². The molecule has 3 heterocycles. The highest BCUT2D eigenvalue weighted by Crippen LogP contribution is 2.39. The van der Waals surface area contributed by atoms with E-state index in [0.717, 1.165) is 11.1 Å². The highest BCUT2D eigenvalue weighted by Gasteiger charge is 2.44. The van der Waals surface area contributed by atoms with E-state index in [0.29, 0.717) is 28.7 Å². The Labute approximate surface area is 192 Å². The van der Waals surface area contributed by atoms with Gasteiger partial charge in [0.05, 0.1) is 12.8 Å². The molecule has 0 saturated carbocycles. The number of nitrogens with one attached hydrogen (secondary N) is 1. The molecule has 1 aromatic carbocycles. The van der Waals surface area contributed by atoms with Crippen LogP contribution in [0.15, 0.2) is 41.1 Å². The summed E-state index contributed by atoms with van der Waals surface area (Å²) in [7, 11) is 1.22. The van der Waals surface area contributed by atoms with Crippen molar-refractivity contribution in [2.45, 2.75) is 31.3 Å². The average molecular weight is 502 g/mol. The highest BCUT2D eigenvalue weighted by molar-refractivity contribution is 9.10. The van der Waals surface area contributed by atoms with Crippen LogP contribution >= 0.6 is 15.9 Å². The SMILES string of the molecule is COC(=O)N[C@H]1CCc2cccc3c2N(C1=O)[C@H](C(=O)OCC(=O)c1ccc(Br)nc1)C3. The van der Waals surface area contributed by atoms with Crippen molar-refractivity contribution in [2.75, 3.05) is 18.6 Å². The van der Waals surface area contributed by atoms with Gasteiger partial charge >= 0.3 is 12.1 Å². The number of methoxy groups -OCH3 is 1. The number of ether oxygens (including phenoxy) is 2. The van der Waals surface area contributed by atoms with E-state index in [1.807, 2.05) is 18.2 Å². The minimum atomic E-state index is -0.922. The Morgan fingerprint density at radius 1 is 1.22 bits per heavy atom. The number of rotatable bonds is 5. The summed E-state index contributed by atoms with van der Waals surface area (Å²) in [4.78, 5) is 55.7. The van der Waals surface area contributed by atoms with Crippen molar-refractivity contribution in [2.24, 2.45) is 0 Å². The molecule has 0 bridgehead atoms. The van der Waals surface area contributed by atoms with Gasteiger partial charge in [0.1, 0.15) is 16.7 Å². The monoisotopic (exact) mass is 501 g/mol. The van der Waals surface area contributed by atoms with Gasteiger partial charge in [0.15, 0.2) is 6.61 Å². The van der Waals surface area contributed by atoms with Crippen LogP contribution in [-0.4, -0.2) is 54.5 Å².